The number of nitrogens with one attached hydrogen (secondary N) is 1. The summed E-state index contributed by atoms with van der Waals surface area (Å²) in [4.78, 5) is 13.3. The summed E-state index contributed by atoms with van der Waals surface area (Å²) in [6, 6.07) is 1.69. The van der Waals surface area contributed by atoms with Gasteiger partial charge in [-0.25, -0.2) is 0 Å². The lowest BCUT2D eigenvalue weighted by atomic mass is 10.3. The van der Waals surface area contributed by atoms with Crippen molar-refractivity contribution in [3.8, 4) is 5.75 Å². The van der Waals surface area contributed by atoms with Crippen LogP contribution in [0.5, 0.6) is 5.75 Å². The molecule has 1 aromatic rings. The van der Waals surface area contributed by atoms with E-state index in [1.807, 2.05) is 0 Å². The normalized spacial score (nSPS) is 9.40. The van der Waals surface area contributed by atoms with Gasteiger partial charge in [0.25, 0.3) is 5.56 Å². The Morgan fingerprint density at radius 1 is 1.60 bits per heavy atom. The number of aromatic nitrogens is 1. The number of aromatic amines is 1. The van der Waals surface area contributed by atoms with Crippen LogP contribution in [0.25, 0.3) is 0 Å². The molecule has 54 valence electrons. The molecule has 10 heavy (non-hydrogen) atoms. The van der Waals surface area contributed by atoms with Gasteiger partial charge in [-0.05, 0) is 13.0 Å². The van der Waals surface area contributed by atoms with Crippen LogP contribution >= 0.6 is 0 Å². The smallest absolute Gasteiger partial charge is 0.251 e. The molecule has 0 fully saturated rings. The van der Waals surface area contributed by atoms with Crippen molar-refractivity contribution in [1.29, 1.82) is 0 Å². The van der Waals surface area contributed by atoms with Gasteiger partial charge >= 0.3 is 0 Å². The first-order chi connectivity index (χ1) is 4.74. The van der Waals surface area contributed by atoms with Crippen molar-refractivity contribution in [3.05, 3.63) is 28.2 Å². The van der Waals surface area contributed by atoms with Gasteiger partial charge in [0.05, 0.1) is 7.11 Å². The highest BCUT2D eigenvalue weighted by Gasteiger charge is 1.93. The lowest BCUT2D eigenvalue weighted by Crippen LogP contribution is -2.07. The van der Waals surface area contributed by atoms with Crippen LogP contribution in [0.2, 0.25) is 0 Å². The predicted octanol–water partition coefficient (Wildman–Crippen LogP) is 0.692. The van der Waals surface area contributed by atoms with Gasteiger partial charge in [-0.15, -0.1) is 0 Å². The molecule has 3 heteroatoms. The van der Waals surface area contributed by atoms with E-state index in [4.69, 9.17) is 4.74 Å². The highest BCUT2D eigenvalue weighted by Crippen LogP contribution is 2.05. The van der Waals surface area contributed by atoms with Crippen molar-refractivity contribution in [1.82, 2.24) is 4.98 Å². The van der Waals surface area contributed by atoms with Gasteiger partial charge in [0, 0.05) is 11.8 Å². The van der Waals surface area contributed by atoms with Gasteiger partial charge < -0.3 is 9.72 Å². The quantitative estimate of drug-likeness (QED) is 0.622. The molecule has 3 nitrogen and oxygen atoms in total. The first-order valence-corrected chi connectivity index (χ1v) is 2.97. The van der Waals surface area contributed by atoms with Crippen molar-refractivity contribution >= 4 is 0 Å². The summed E-state index contributed by atoms with van der Waals surface area (Å²) >= 11 is 0. The van der Waals surface area contributed by atoms with Gasteiger partial charge in [0.2, 0.25) is 0 Å². The Hall–Kier alpha value is -1.25. The average molecular weight is 139 g/mol. The van der Waals surface area contributed by atoms with E-state index in [1.54, 1.807) is 20.1 Å². The van der Waals surface area contributed by atoms with Crippen LogP contribution in [-0.4, -0.2) is 12.1 Å². The molecule has 0 aliphatic rings. The highest BCUT2D eigenvalue weighted by atomic mass is 16.5. The monoisotopic (exact) mass is 139 g/mol. The first-order valence-electron chi connectivity index (χ1n) is 2.97. The Labute approximate surface area is 58.7 Å². The van der Waals surface area contributed by atoms with Crippen LogP contribution in [0, 0.1) is 6.92 Å². The van der Waals surface area contributed by atoms with E-state index in [0.717, 1.165) is 0 Å². The average Bonchev–Trinajstić information content (AvgIpc) is 1.95. The third-order valence-electron chi connectivity index (χ3n) is 1.30. The molecule has 0 saturated carbocycles. The van der Waals surface area contributed by atoms with Crippen LogP contribution in [-0.2, 0) is 0 Å². The number of pyridine rings is 1. The number of ether oxygens (including phenoxy) is 1. The second-order valence-corrected chi connectivity index (χ2v) is 2.05. The van der Waals surface area contributed by atoms with E-state index < -0.39 is 0 Å². The zero-order valence-corrected chi connectivity index (χ0v) is 5.97. The Bertz CT molecular complexity index is 277. The Morgan fingerprint density at radius 3 is 2.80 bits per heavy atom. The van der Waals surface area contributed by atoms with Gasteiger partial charge in [0.15, 0.2) is 0 Å². The molecule has 0 radical (unpaired) electrons. The second kappa shape index (κ2) is 2.56. The van der Waals surface area contributed by atoms with E-state index in [0.29, 0.717) is 11.3 Å². The van der Waals surface area contributed by atoms with Crippen LogP contribution in [0.3, 0.4) is 0 Å². The Morgan fingerprint density at radius 2 is 2.30 bits per heavy atom. The van der Waals surface area contributed by atoms with Crippen molar-refractivity contribution in [2.24, 2.45) is 0 Å². The molecular weight excluding hydrogens is 130 g/mol. The number of methoxy groups -OCH3 is 1. The summed E-state index contributed by atoms with van der Waals surface area (Å²) < 4.78 is 4.88. The topological polar surface area (TPSA) is 42.1 Å². The summed E-state index contributed by atoms with van der Waals surface area (Å²) in [6.07, 6.45) is 1.54. The zero-order chi connectivity index (χ0) is 7.56. The third-order valence-corrected chi connectivity index (χ3v) is 1.30. The minimum atomic E-state index is -0.0687. The molecule has 0 bridgehead atoms. The fraction of sp³-hybridized carbons (Fsp3) is 0.286. The number of aryl methyl sites for hydroxylation is 1. The second-order valence-electron chi connectivity index (χ2n) is 2.05. The van der Waals surface area contributed by atoms with Crippen LogP contribution in [0.4, 0.5) is 0 Å². The maximum absolute atomic E-state index is 10.8. The molecule has 1 N–H and O–H groups in total. The maximum Gasteiger partial charge on any atom is 0.251 e. The molecule has 0 spiro atoms. The first kappa shape index (κ1) is 6.86. The lowest BCUT2D eigenvalue weighted by Gasteiger charge is -1.97. The van der Waals surface area contributed by atoms with Gasteiger partial charge in [-0.1, -0.05) is 0 Å². The molecule has 1 heterocycles. The number of hydrogen-bond acceptors (Lipinski definition) is 2. The standard InChI is InChI=1S/C7H9NO2/c1-5-3-6(10-2)4-8-7(5)9/h3-4H,1-2H3,(H,8,9). The largest absolute Gasteiger partial charge is 0.495 e. The molecular formula is C7H9NO2. The molecule has 1 aromatic heterocycles. The van der Waals surface area contributed by atoms with Gasteiger partial charge in [0.1, 0.15) is 5.75 Å². The molecule has 0 saturated heterocycles. The molecule has 0 unspecified atom stereocenters. The van der Waals surface area contributed by atoms with E-state index in [1.165, 1.54) is 6.20 Å². The fourth-order valence-corrected chi connectivity index (χ4v) is 0.689. The lowest BCUT2D eigenvalue weighted by molar-refractivity contribution is 0.412. The number of hydrogen-bond donors (Lipinski definition) is 1. The van der Waals surface area contributed by atoms with E-state index in [-0.39, 0.29) is 5.56 Å². The van der Waals surface area contributed by atoms with Crippen molar-refractivity contribution < 1.29 is 4.74 Å². The number of H-pyrrole nitrogens is 1. The predicted molar refractivity (Wildman–Crippen MR) is 38.4 cm³/mol. The molecule has 1 rings (SSSR count). The summed E-state index contributed by atoms with van der Waals surface area (Å²) in [5, 5.41) is 0. The summed E-state index contributed by atoms with van der Waals surface area (Å²) in [7, 11) is 1.56. The minimum Gasteiger partial charge on any atom is -0.495 e. The highest BCUT2D eigenvalue weighted by molar-refractivity contribution is 5.21. The SMILES string of the molecule is COc1c[nH]c(=O)c(C)c1. The van der Waals surface area contributed by atoms with Crippen LogP contribution in [0.15, 0.2) is 17.1 Å². The van der Waals surface area contributed by atoms with Crippen LogP contribution in [0.1, 0.15) is 5.56 Å². The Kier molecular flexibility index (Phi) is 1.76. The van der Waals surface area contributed by atoms with E-state index in [9.17, 15) is 4.79 Å². The molecule has 0 atom stereocenters. The zero-order valence-electron chi connectivity index (χ0n) is 5.97. The van der Waals surface area contributed by atoms with Gasteiger partial charge in [-0.2, -0.15) is 0 Å². The maximum atomic E-state index is 10.8. The van der Waals surface area contributed by atoms with Gasteiger partial charge in [-0.3, -0.25) is 4.79 Å². The van der Waals surface area contributed by atoms with Crippen LogP contribution < -0.4 is 10.3 Å². The molecule has 0 aliphatic carbocycles. The third kappa shape index (κ3) is 1.18. The van der Waals surface area contributed by atoms with Crippen molar-refractivity contribution in [2.45, 2.75) is 6.92 Å². The minimum absolute atomic E-state index is 0.0687. The summed E-state index contributed by atoms with van der Waals surface area (Å²) in [5.74, 6) is 0.678. The van der Waals surface area contributed by atoms with E-state index >= 15 is 0 Å². The van der Waals surface area contributed by atoms with Crippen molar-refractivity contribution in [2.75, 3.05) is 7.11 Å². The fourth-order valence-electron chi connectivity index (χ4n) is 0.689. The van der Waals surface area contributed by atoms with E-state index in [2.05, 4.69) is 4.98 Å². The molecule has 0 aromatic carbocycles. The van der Waals surface area contributed by atoms with Crippen molar-refractivity contribution in [3.63, 3.8) is 0 Å². The molecule has 0 amide bonds. The Balaban J connectivity index is 3.17. The summed E-state index contributed by atoms with van der Waals surface area (Å²) in [5.41, 5.74) is 0.597. The summed E-state index contributed by atoms with van der Waals surface area (Å²) in [6.45, 7) is 1.74. The molecule has 0 aliphatic heterocycles. The number of rotatable bonds is 1.